The van der Waals surface area contributed by atoms with Crippen molar-refractivity contribution in [3.63, 3.8) is 0 Å². The monoisotopic (exact) mass is 461 g/mol. The average Bonchev–Trinajstić information content (AvgIpc) is 3.26. The number of rotatable bonds is 6. The molecule has 1 aromatic heterocycles. The number of benzene rings is 2. The zero-order chi connectivity index (χ0) is 24.4. The molecule has 0 aliphatic carbocycles. The van der Waals surface area contributed by atoms with Crippen LogP contribution in [0.5, 0.6) is 5.75 Å². The van der Waals surface area contributed by atoms with Crippen LogP contribution < -0.4 is 15.0 Å². The zero-order valence-electron chi connectivity index (χ0n) is 18.2. The van der Waals surface area contributed by atoms with E-state index >= 15 is 0 Å². The van der Waals surface area contributed by atoms with E-state index in [4.69, 9.17) is 9.15 Å². The Hall–Kier alpha value is -4.73. The van der Waals surface area contributed by atoms with Gasteiger partial charge < -0.3 is 9.15 Å². The summed E-state index contributed by atoms with van der Waals surface area (Å²) in [5, 5.41) is 13.3. The second-order valence-electron chi connectivity index (χ2n) is 7.34. The van der Waals surface area contributed by atoms with Gasteiger partial charge in [0.05, 0.1) is 17.2 Å². The molecule has 10 nitrogen and oxygen atoms in total. The van der Waals surface area contributed by atoms with Crippen LogP contribution in [0.3, 0.4) is 0 Å². The quantitative estimate of drug-likeness (QED) is 0.251. The summed E-state index contributed by atoms with van der Waals surface area (Å²) < 4.78 is 11.1. The molecule has 0 spiro atoms. The van der Waals surface area contributed by atoms with Crippen LogP contribution in [0.4, 0.5) is 16.2 Å². The largest absolute Gasteiger partial charge is 0.494 e. The molecule has 2 heterocycles. The highest BCUT2D eigenvalue weighted by atomic mass is 16.6. The number of carbonyl (C=O) groups excluding carboxylic acids is 3. The van der Waals surface area contributed by atoms with Crippen LogP contribution in [0.2, 0.25) is 0 Å². The molecule has 0 bridgehead atoms. The van der Waals surface area contributed by atoms with E-state index in [0.717, 1.165) is 10.5 Å². The number of furan rings is 1. The molecule has 10 heteroatoms. The summed E-state index contributed by atoms with van der Waals surface area (Å²) in [5.41, 5.74) is 1.12. The van der Waals surface area contributed by atoms with Gasteiger partial charge in [-0.2, -0.15) is 0 Å². The van der Waals surface area contributed by atoms with Crippen molar-refractivity contribution in [1.82, 2.24) is 5.32 Å². The lowest BCUT2D eigenvalue weighted by Crippen LogP contribution is -2.54. The number of nitro groups is 1. The number of nitrogens with zero attached hydrogens (tertiary/aromatic N) is 2. The maximum Gasteiger partial charge on any atom is 0.335 e. The molecular formula is C24H19N3O7. The molecule has 3 aromatic rings. The van der Waals surface area contributed by atoms with Gasteiger partial charge in [-0.25, -0.2) is 9.69 Å². The van der Waals surface area contributed by atoms with Gasteiger partial charge >= 0.3 is 6.03 Å². The molecule has 1 fully saturated rings. The Morgan fingerprint density at radius 1 is 1.09 bits per heavy atom. The number of anilines is 1. The Kier molecular flexibility index (Phi) is 5.96. The first-order chi connectivity index (χ1) is 16.3. The topological polar surface area (TPSA) is 132 Å². The van der Waals surface area contributed by atoms with E-state index in [1.807, 2.05) is 6.92 Å². The smallest absolute Gasteiger partial charge is 0.335 e. The van der Waals surface area contributed by atoms with Crippen LogP contribution in [0.25, 0.3) is 17.4 Å². The van der Waals surface area contributed by atoms with Gasteiger partial charge in [0, 0.05) is 17.7 Å². The van der Waals surface area contributed by atoms with Crippen molar-refractivity contribution in [2.45, 2.75) is 13.8 Å². The number of amides is 4. The number of ether oxygens (including phenoxy) is 1. The van der Waals surface area contributed by atoms with Gasteiger partial charge in [0.2, 0.25) is 0 Å². The van der Waals surface area contributed by atoms with Crippen molar-refractivity contribution in [2.24, 2.45) is 0 Å². The first-order valence-electron chi connectivity index (χ1n) is 10.3. The van der Waals surface area contributed by atoms with Crippen molar-refractivity contribution in [2.75, 3.05) is 11.5 Å². The molecule has 1 aliphatic rings. The minimum Gasteiger partial charge on any atom is -0.494 e. The van der Waals surface area contributed by atoms with Crippen molar-refractivity contribution >= 4 is 35.3 Å². The number of non-ortho nitro benzene ring substituents is 1. The number of nitrogens with one attached hydrogen (secondary N) is 1. The highest BCUT2D eigenvalue weighted by molar-refractivity contribution is 6.39. The lowest BCUT2D eigenvalue weighted by atomic mass is 10.1. The highest BCUT2D eigenvalue weighted by Crippen LogP contribution is 2.30. The second kappa shape index (κ2) is 9.02. The van der Waals surface area contributed by atoms with E-state index in [0.29, 0.717) is 23.7 Å². The van der Waals surface area contributed by atoms with Crippen LogP contribution in [-0.4, -0.2) is 29.4 Å². The molecule has 172 valence electrons. The number of imide groups is 2. The molecule has 1 N–H and O–H groups in total. The maximum atomic E-state index is 13.0. The summed E-state index contributed by atoms with van der Waals surface area (Å²) >= 11 is 0. The molecule has 0 saturated carbocycles. The minimum absolute atomic E-state index is 0.0942. The Bertz CT molecular complexity index is 1340. The Balaban J connectivity index is 1.65. The van der Waals surface area contributed by atoms with Crippen LogP contribution in [0.15, 0.2) is 64.6 Å². The summed E-state index contributed by atoms with van der Waals surface area (Å²) in [6.07, 6.45) is 1.22. The predicted molar refractivity (Wildman–Crippen MR) is 122 cm³/mol. The van der Waals surface area contributed by atoms with Gasteiger partial charge in [0.25, 0.3) is 17.5 Å². The maximum absolute atomic E-state index is 13.0. The third kappa shape index (κ3) is 4.29. The number of hydrogen-bond acceptors (Lipinski definition) is 7. The van der Waals surface area contributed by atoms with Crippen LogP contribution in [-0.2, 0) is 9.59 Å². The standard InChI is InChI=1S/C24H19N3O7/c1-3-33-17-8-6-15(7-9-17)26-23(29)20(22(28)25-24(26)30)13-18-10-11-21(34-18)19-12-16(27(31)32)5-4-14(19)2/h4-13H,3H2,1-2H3,(H,25,28,30)/b20-13+. The van der Waals surface area contributed by atoms with Crippen molar-refractivity contribution in [3.8, 4) is 17.1 Å². The molecule has 1 saturated heterocycles. The number of nitro benzene ring substituents is 1. The zero-order valence-corrected chi connectivity index (χ0v) is 18.2. The molecule has 0 unspecified atom stereocenters. The summed E-state index contributed by atoms with van der Waals surface area (Å²) in [4.78, 5) is 49.3. The molecule has 2 aromatic carbocycles. The van der Waals surface area contributed by atoms with Gasteiger partial charge in [0.1, 0.15) is 22.8 Å². The summed E-state index contributed by atoms with van der Waals surface area (Å²) in [7, 11) is 0. The molecule has 4 amide bonds. The van der Waals surface area contributed by atoms with Crippen LogP contribution >= 0.6 is 0 Å². The fraction of sp³-hybridized carbons (Fsp3) is 0.125. The van der Waals surface area contributed by atoms with E-state index < -0.39 is 22.8 Å². The van der Waals surface area contributed by atoms with E-state index in [2.05, 4.69) is 5.32 Å². The Labute approximate surface area is 193 Å². The first kappa shape index (κ1) is 22.5. The molecule has 1 aliphatic heterocycles. The number of hydrogen-bond donors (Lipinski definition) is 1. The molecule has 34 heavy (non-hydrogen) atoms. The fourth-order valence-corrected chi connectivity index (χ4v) is 3.46. The molecule has 0 atom stereocenters. The third-order valence-corrected chi connectivity index (χ3v) is 5.12. The third-order valence-electron chi connectivity index (χ3n) is 5.12. The SMILES string of the molecule is CCOc1ccc(N2C(=O)NC(=O)/C(=C\c3ccc(-c4cc([N+](=O)[O-])ccc4C)o3)C2=O)cc1. The van der Waals surface area contributed by atoms with Gasteiger partial charge in [-0.05, 0) is 61.9 Å². The van der Waals surface area contributed by atoms with Gasteiger partial charge in [0.15, 0.2) is 0 Å². The van der Waals surface area contributed by atoms with Gasteiger partial charge in [-0.1, -0.05) is 6.07 Å². The molecule has 0 radical (unpaired) electrons. The Morgan fingerprint density at radius 2 is 1.82 bits per heavy atom. The second-order valence-corrected chi connectivity index (χ2v) is 7.34. The lowest BCUT2D eigenvalue weighted by molar-refractivity contribution is -0.384. The number of carbonyl (C=O) groups is 3. The predicted octanol–water partition coefficient (Wildman–Crippen LogP) is 4.23. The van der Waals surface area contributed by atoms with E-state index in [9.17, 15) is 24.5 Å². The van der Waals surface area contributed by atoms with Crippen molar-refractivity contribution < 1.29 is 28.5 Å². The van der Waals surface area contributed by atoms with Gasteiger partial charge in [-0.3, -0.25) is 25.0 Å². The van der Waals surface area contributed by atoms with Crippen LogP contribution in [0.1, 0.15) is 18.2 Å². The van der Waals surface area contributed by atoms with Crippen molar-refractivity contribution in [1.29, 1.82) is 0 Å². The molecule has 4 rings (SSSR count). The fourth-order valence-electron chi connectivity index (χ4n) is 3.46. The first-order valence-corrected chi connectivity index (χ1v) is 10.3. The highest BCUT2D eigenvalue weighted by Gasteiger charge is 2.37. The van der Waals surface area contributed by atoms with E-state index in [1.165, 1.54) is 36.4 Å². The summed E-state index contributed by atoms with van der Waals surface area (Å²) in [6, 6.07) is 12.9. The minimum atomic E-state index is -0.872. The van der Waals surface area contributed by atoms with Crippen molar-refractivity contribution in [3.05, 3.63) is 81.6 Å². The Morgan fingerprint density at radius 3 is 2.50 bits per heavy atom. The van der Waals surface area contributed by atoms with Crippen LogP contribution in [0, 0.1) is 17.0 Å². The summed E-state index contributed by atoms with van der Waals surface area (Å²) in [6.45, 7) is 4.07. The van der Waals surface area contributed by atoms with E-state index in [1.54, 1.807) is 31.2 Å². The number of barbiturate groups is 1. The van der Waals surface area contributed by atoms with Gasteiger partial charge in [-0.15, -0.1) is 0 Å². The number of urea groups is 1. The lowest BCUT2D eigenvalue weighted by Gasteiger charge is -2.26. The summed E-state index contributed by atoms with van der Waals surface area (Å²) in [5.74, 6) is -0.608. The number of aryl methyl sites for hydroxylation is 1. The molecular weight excluding hydrogens is 442 g/mol. The van der Waals surface area contributed by atoms with E-state index in [-0.39, 0.29) is 22.7 Å². The normalized spacial score (nSPS) is 14.9. The average molecular weight is 461 g/mol.